The van der Waals surface area contributed by atoms with Crippen molar-refractivity contribution in [1.82, 2.24) is 4.90 Å². The van der Waals surface area contributed by atoms with E-state index >= 15 is 0 Å². The molecule has 1 aromatic carbocycles. The van der Waals surface area contributed by atoms with Crippen LogP contribution in [0.5, 0.6) is 11.5 Å². The Balaban J connectivity index is 2.61. The van der Waals surface area contributed by atoms with Gasteiger partial charge in [0, 0.05) is 43.6 Å². The highest BCUT2D eigenvalue weighted by Crippen LogP contribution is 2.45. The van der Waals surface area contributed by atoms with E-state index < -0.39 is 108 Å². The molecule has 2 aliphatic rings. The first-order chi connectivity index (χ1) is 19.2. The van der Waals surface area contributed by atoms with Crippen LogP contribution in [0.15, 0.2) is 12.1 Å². The fourth-order valence-electron chi connectivity index (χ4n) is 3.20. The van der Waals surface area contributed by atoms with E-state index in [4.69, 9.17) is 28.2 Å². The fraction of sp³-hybridized carbons (Fsp3) is 0.720. The number of benzene rings is 1. The molecule has 174 valence electrons. The Kier molecular flexibility index (Phi) is 3.76. The molecule has 6 nitrogen and oxygen atoms in total. The minimum atomic E-state index is -3.48. The van der Waals surface area contributed by atoms with Gasteiger partial charge in [-0.1, -0.05) is 34.6 Å². The van der Waals surface area contributed by atoms with Crippen molar-refractivity contribution in [1.29, 1.82) is 0 Å². The lowest BCUT2D eigenvalue weighted by molar-refractivity contribution is -0.160. The largest absolute Gasteiger partial charge is 0.493 e. The van der Waals surface area contributed by atoms with Crippen molar-refractivity contribution in [2.45, 2.75) is 71.9 Å². The summed E-state index contributed by atoms with van der Waals surface area (Å²) in [5.74, 6) is -5.83. The summed E-state index contributed by atoms with van der Waals surface area (Å²) in [6, 6.07) is -5.29. The van der Waals surface area contributed by atoms with Gasteiger partial charge in [0.05, 0.1) is 18.3 Å². The number of nitrogens with two attached hydrogens (primary N) is 1. The first kappa shape index (κ1) is 12.4. The molecule has 2 aliphatic heterocycles. The van der Waals surface area contributed by atoms with E-state index in [0.717, 1.165) is 14.2 Å². The van der Waals surface area contributed by atoms with Gasteiger partial charge in [-0.3, -0.25) is 9.69 Å². The maximum atomic E-state index is 13.3. The Labute approximate surface area is 204 Å². The molecular formula is C25H40N2O4. The molecule has 1 fully saturated rings. The number of fused-ring (bicyclic) bond motifs is 3. The molecule has 6 heteroatoms. The Morgan fingerprint density at radius 3 is 2.55 bits per heavy atom. The lowest BCUT2D eigenvalue weighted by atomic mass is 9.75. The third-order valence-corrected chi connectivity index (χ3v) is 4.90. The first-order valence-electron chi connectivity index (χ1n) is 16.2. The first-order valence-corrected chi connectivity index (χ1v) is 10.2. The standard InChI is InChI=1S/C25H40N2O4/c1-15(2)23(26)24(28)31-20-12-19-18-11-22(30-7)21(29-6)10-16(18)8-9-27(19)14-17(20)13-25(3,4)5/h10-11,15,17,19-20,23H,8-9,12-14,26H2,1-7H3/t17?,19?,20?,23-/m0/s1/i8D2,9D2,10D,11D,12D2,14D2,17D,20D. The summed E-state index contributed by atoms with van der Waals surface area (Å²) in [7, 11) is 2.24. The molecule has 4 atom stereocenters. The van der Waals surface area contributed by atoms with Crippen LogP contribution in [0, 0.1) is 17.2 Å². The second-order valence-corrected chi connectivity index (χ2v) is 9.11. The van der Waals surface area contributed by atoms with E-state index in [1.807, 2.05) is 0 Å². The van der Waals surface area contributed by atoms with Gasteiger partial charge in [-0.15, -0.1) is 0 Å². The number of carbonyl (C=O) groups excluding carboxylic acids is 1. The third-order valence-electron chi connectivity index (χ3n) is 4.90. The van der Waals surface area contributed by atoms with Crippen molar-refractivity contribution in [2.24, 2.45) is 23.0 Å². The van der Waals surface area contributed by atoms with Crippen LogP contribution in [0.25, 0.3) is 0 Å². The summed E-state index contributed by atoms with van der Waals surface area (Å²) in [5, 5.41) is 0. The predicted octanol–water partition coefficient (Wildman–Crippen LogP) is 3.95. The monoisotopic (exact) mass is 444 g/mol. The van der Waals surface area contributed by atoms with Gasteiger partial charge in [0.2, 0.25) is 0 Å². The summed E-state index contributed by atoms with van der Waals surface area (Å²) in [6.45, 7) is 0.954. The second-order valence-electron chi connectivity index (χ2n) is 9.11. The molecule has 3 unspecified atom stereocenters. The van der Waals surface area contributed by atoms with Gasteiger partial charge in [0.15, 0.2) is 11.5 Å². The summed E-state index contributed by atoms with van der Waals surface area (Å²) in [5.41, 5.74) is 3.43. The molecule has 2 heterocycles. The van der Waals surface area contributed by atoms with Crippen LogP contribution in [0.4, 0.5) is 0 Å². The van der Waals surface area contributed by atoms with Crippen LogP contribution in [0.3, 0.4) is 0 Å². The molecular weight excluding hydrogens is 392 g/mol. The smallest absolute Gasteiger partial charge is 0.323 e. The van der Waals surface area contributed by atoms with Crippen molar-refractivity contribution >= 4 is 5.97 Å². The topological polar surface area (TPSA) is 74.0 Å². The minimum Gasteiger partial charge on any atom is -0.493 e. The van der Waals surface area contributed by atoms with Gasteiger partial charge in [-0.2, -0.15) is 0 Å². The number of rotatable bonds is 6. The quantitative estimate of drug-likeness (QED) is 0.670. The molecule has 31 heavy (non-hydrogen) atoms. The third kappa shape index (κ3) is 5.35. The number of methoxy groups -OCH3 is 2. The fourth-order valence-corrected chi connectivity index (χ4v) is 3.20. The number of carbonyl (C=O) groups is 1. The Morgan fingerprint density at radius 1 is 1.32 bits per heavy atom. The Morgan fingerprint density at radius 2 is 1.97 bits per heavy atom. The highest BCUT2D eigenvalue weighted by Gasteiger charge is 2.42. The number of piperidine rings is 1. The maximum Gasteiger partial charge on any atom is 0.323 e. The SMILES string of the molecule is [2H]c1c(OC)c(OC)c([2H])c2c1C1N(C([2H])([2H])C2([2H])[2H])C([2H])([2H])C([2H])(CC(C)(C)C)C([2H])(OC(=O)[C@@H](N)C(C)C)C1([2H])[2H]. The molecule has 0 spiro atoms. The molecule has 0 bridgehead atoms. The lowest BCUT2D eigenvalue weighted by Crippen LogP contribution is -2.51. The number of esters is 1. The number of hydrogen-bond donors (Lipinski definition) is 1. The van der Waals surface area contributed by atoms with Crippen molar-refractivity contribution in [2.75, 3.05) is 27.2 Å². The van der Waals surface area contributed by atoms with Gasteiger partial charge in [-0.25, -0.2) is 0 Å². The molecule has 0 aromatic heterocycles. The zero-order valence-electron chi connectivity index (χ0n) is 31.1. The molecule has 0 aliphatic carbocycles. The molecule has 1 aromatic rings. The van der Waals surface area contributed by atoms with Crippen molar-refractivity contribution in [3.63, 3.8) is 0 Å². The van der Waals surface area contributed by atoms with Gasteiger partial charge in [-0.05, 0) is 47.3 Å². The molecule has 0 radical (unpaired) electrons. The summed E-state index contributed by atoms with van der Waals surface area (Å²) >= 11 is 0. The van der Waals surface area contributed by atoms with Gasteiger partial charge in [0.25, 0.3) is 0 Å². The lowest BCUT2D eigenvalue weighted by Gasteiger charge is -2.48. The maximum absolute atomic E-state index is 13.3. The molecule has 2 N–H and O–H groups in total. The van der Waals surface area contributed by atoms with E-state index in [2.05, 4.69) is 0 Å². The number of ether oxygens (including phenoxy) is 3. The Hall–Kier alpha value is -1.79. The van der Waals surface area contributed by atoms with Crippen LogP contribution in [0.2, 0.25) is 0 Å². The van der Waals surface area contributed by atoms with Gasteiger partial charge < -0.3 is 19.9 Å². The Bertz CT molecular complexity index is 1300. The zero-order chi connectivity index (χ0) is 33.7. The normalized spacial score (nSPS) is 41.8. The molecule has 0 saturated carbocycles. The van der Waals surface area contributed by atoms with Crippen LogP contribution < -0.4 is 15.2 Å². The highest BCUT2D eigenvalue weighted by atomic mass is 16.5. The van der Waals surface area contributed by atoms with E-state index in [9.17, 15) is 13.0 Å². The zero-order valence-corrected chi connectivity index (χ0v) is 19.1. The molecule has 1 saturated heterocycles. The van der Waals surface area contributed by atoms with E-state index in [-0.39, 0.29) is 4.90 Å². The summed E-state index contributed by atoms with van der Waals surface area (Å²) in [6.07, 6.45) is -10.8. The average molecular weight is 445 g/mol. The minimum absolute atomic E-state index is 0.188. The van der Waals surface area contributed by atoms with Crippen molar-refractivity contribution in [3.05, 3.63) is 23.2 Å². The van der Waals surface area contributed by atoms with E-state index in [0.29, 0.717) is 0 Å². The molecule has 0 amide bonds. The second kappa shape index (κ2) is 9.37. The van der Waals surface area contributed by atoms with Gasteiger partial charge >= 0.3 is 5.97 Å². The average Bonchev–Trinajstić information content (AvgIpc) is 2.83. The van der Waals surface area contributed by atoms with Crippen LogP contribution in [-0.2, 0) is 15.9 Å². The van der Waals surface area contributed by atoms with Gasteiger partial charge in [0.1, 0.15) is 12.1 Å². The molecule has 3 rings (SSSR count). The van der Waals surface area contributed by atoms with Crippen LogP contribution in [0.1, 0.15) is 81.0 Å². The van der Waals surface area contributed by atoms with E-state index in [1.165, 1.54) is 0 Å². The van der Waals surface area contributed by atoms with Crippen LogP contribution in [-0.4, -0.2) is 50.2 Å². The highest BCUT2D eigenvalue weighted by molar-refractivity contribution is 5.76. The predicted molar refractivity (Wildman–Crippen MR) is 122 cm³/mol. The number of hydrogen-bond acceptors (Lipinski definition) is 6. The number of nitrogens with zero attached hydrogens (tertiary/aromatic N) is 1. The summed E-state index contributed by atoms with van der Waals surface area (Å²) in [4.78, 5) is 13.4. The van der Waals surface area contributed by atoms with Crippen molar-refractivity contribution in [3.8, 4) is 11.5 Å². The van der Waals surface area contributed by atoms with Crippen molar-refractivity contribution < 1.29 is 35.5 Å². The van der Waals surface area contributed by atoms with E-state index in [1.54, 1.807) is 34.6 Å². The summed E-state index contributed by atoms with van der Waals surface area (Å²) < 4.78 is 125. The van der Waals surface area contributed by atoms with Crippen LogP contribution >= 0.6 is 0 Å².